The average Bonchev–Trinajstić information content (AvgIpc) is 3.00. The first-order valence-electron chi connectivity index (χ1n) is 7.72. The van der Waals surface area contributed by atoms with Crippen molar-refractivity contribution in [1.29, 1.82) is 0 Å². The van der Waals surface area contributed by atoms with Crippen LogP contribution in [0.2, 0.25) is 0 Å². The van der Waals surface area contributed by atoms with Gasteiger partial charge in [0.25, 0.3) is 0 Å². The van der Waals surface area contributed by atoms with Gasteiger partial charge in [-0.15, -0.1) is 0 Å². The molecule has 8 nitrogen and oxygen atoms in total. The van der Waals surface area contributed by atoms with E-state index >= 15 is 0 Å². The second-order valence-corrected chi connectivity index (χ2v) is 5.68. The zero-order valence-corrected chi connectivity index (χ0v) is 14.4. The second-order valence-electron chi connectivity index (χ2n) is 5.68. The van der Waals surface area contributed by atoms with E-state index in [1.54, 1.807) is 25.3 Å². The summed E-state index contributed by atoms with van der Waals surface area (Å²) >= 11 is 0. The van der Waals surface area contributed by atoms with Crippen molar-refractivity contribution in [3.63, 3.8) is 0 Å². The summed E-state index contributed by atoms with van der Waals surface area (Å²) in [6.07, 6.45) is 2.47. The molecule has 8 heteroatoms. The van der Waals surface area contributed by atoms with E-state index in [9.17, 15) is 4.79 Å². The highest BCUT2D eigenvalue weighted by Crippen LogP contribution is 2.07. The van der Waals surface area contributed by atoms with Gasteiger partial charge in [-0.3, -0.25) is 4.98 Å². The minimum atomic E-state index is -0.207. The summed E-state index contributed by atoms with van der Waals surface area (Å²) < 4.78 is 9.95. The minimum absolute atomic E-state index is 0.00559. The number of rotatable bonds is 7. The number of carbonyl (C=O) groups is 1. The van der Waals surface area contributed by atoms with Crippen LogP contribution in [0.25, 0.3) is 0 Å². The number of carbonyl (C=O) groups excluding carboxylic acids is 1. The number of nitrogens with one attached hydrogen (secondary N) is 1. The van der Waals surface area contributed by atoms with Crippen LogP contribution in [0.4, 0.5) is 4.79 Å². The summed E-state index contributed by atoms with van der Waals surface area (Å²) in [4.78, 5) is 22.3. The number of urea groups is 1. The highest BCUT2D eigenvalue weighted by Gasteiger charge is 2.17. The molecule has 2 aromatic heterocycles. The molecule has 0 saturated carbocycles. The Labute approximate surface area is 141 Å². The molecule has 0 aliphatic rings. The van der Waals surface area contributed by atoms with Crippen molar-refractivity contribution in [2.75, 3.05) is 14.2 Å². The van der Waals surface area contributed by atoms with Crippen molar-refractivity contribution in [3.05, 3.63) is 41.3 Å². The monoisotopic (exact) mass is 333 g/mol. The quantitative estimate of drug-likeness (QED) is 0.829. The zero-order chi connectivity index (χ0) is 17.5. The number of hydrogen-bond donors (Lipinski definition) is 1. The summed E-state index contributed by atoms with van der Waals surface area (Å²) in [6, 6.07) is 3.78. The number of pyridine rings is 1. The fourth-order valence-corrected chi connectivity index (χ4v) is 2.18. The molecular formula is C16H23N5O3. The molecule has 0 aliphatic carbocycles. The Balaban J connectivity index is 1.84. The Hall–Kier alpha value is -2.48. The van der Waals surface area contributed by atoms with Gasteiger partial charge in [0, 0.05) is 38.5 Å². The topological polar surface area (TPSA) is 93.4 Å². The molecule has 1 atom stereocenters. The Bertz CT molecular complexity index is 673. The summed E-state index contributed by atoms with van der Waals surface area (Å²) in [5.74, 6) is 0.797. The number of likely N-dealkylation sites (N-methyl/N-ethyl adjacent to an activating group) is 1. The third kappa shape index (κ3) is 5.02. The van der Waals surface area contributed by atoms with Gasteiger partial charge < -0.3 is 19.5 Å². The lowest BCUT2D eigenvalue weighted by Gasteiger charge is -2.24. The van der Waals surface area contributed by atoms with Gasteiger partial charge in [-0.05, 0) is 31.5 Å². The van der Waals surface area contributed by atoms with E-state index in [2.05, 4.69) is 20.4 Å². The molecule has 24 heavy (non-hydrogen) atoms. The maximum Gasteiger partial charge on any atom is 0.317 e. The lowest BCUT2D eigenvalue weighted by Crippen LogP contribution is -2.43. The molecule has 0 radical (unpaired) electrons. The number of aromatic nitrogens is 3. The molecule has 2 heterocycles. The van der Waals surface area contributed by atoms with Crippen molar-refractivity contribution in [2.45, 2.75) is 39.5 Å². The van der Waals surface area contributed by atoms with Crippen molar-refractivity contribution in [2.24, 2.45) is 0 Å². The first-order valence-corrected chi connectivity index (χ1v) is 7.72. The van der Waals surface area contributed by atoms with E-state index in [1.807, 2.05) is 26.0 Å². The van der Waals surface area contributed by atoms with Crippen molar-refractivity contribution in [1.82, 2.24) is 25.3 Å². The molecular weight excluding hydrogens is 310 g/mol. The Morgan fingerprint density at radius 2 is 2.29 bits per heavy atom. The van der Waals surface area contributed by atoms with Gasteiger partial charge in [0.2, 0.25) is 5.89 Å². The Morgan fingerprint density at radius 1 is 1.50 bits per heavy atom. The molecule has 0 bridgehead atoms. The molecule has 2 rings (SSSR count). The minimum Gasteiger partial charge on any atom is -0.377 e. The van der Waals surface area contributed by atoms with Crippen LogP contribution in [0.3, 0.4) is 0 Å². The summed E-state index contributed by atoms with van der Waals surface area (Å²) in [5, 5.41) is 6.51. The lowest BCUT2D eigenvalue weighted by atomic mass is 10.1. The standard InChI is InChI=1S/C16H23N5O3/c1-11-5-6-17-13(7-11)8-12(2)21(3)16(22)18-9-15-19-14(10-23-4)20-24-15/h5-7,12H,8-10H2,1-4H3,(H,18,22)/t12-/m1/s1. The van der Waals surface area contributed by atoms with Crippen LogP contribution in [0.5, 0.6) is 0 Å². The number of amides is 2. The van der Waals surface area contributed by atoms with E-state index in [0.29, 0.717) is 18.1 Å². The fourth-order valence-electron chi connectivity index (χ4n) is 2.18. The van der Waals surface area contributed by atoms with E-state index in [-0.39, 0.29) is 25.2 Å². The number of aryl methyl sites for hydroxylation is 1. The average molecular weight is 333 g/mol. The Morgan fingerprint density at radius 3 is 3.00 bits per heavy atom. The predicted molar refractivity (Wildman–Crippen MR) is 87.1 cm³/mol. The molecule has 130 valence electrons. The molecule has 1 N–H and O–H groups in total. The van der Waals surface area contributed by atoms with Gasteiger partial charge in [-0.25, -0.2) is 4.79 Å². The van der Waals surface area contributed by atoms with Crippen LogP contribution >= 0.6 is 0 Å². The van der Waals surface area contributed by atoms with Crippen LogP contribution in [0, 0.1) is 6.92 Å². The van der Waals surface area contributed by atoms with Gasteiger partial charge in [0.15, 0.2) is 5.82 Å². The van der Waals surface area contributed by atoms with Crippen LogP contribution in [0.15, 0.2) is 22.9 Å². The summed E-state index contributed by atoms with van der Waals surface area (Å²) in [6.45, 7) is 4.45. The van der Waals surface area contributed by atoms with E-state index in [4.69, 9.17) is 9.26 Å². The zero-order valence-electron chi connectivity index (χ0n) is 14.4. The molecule has 0 spiro atoms. The van der Waals surface area contributed by atoms with Crippen LogP contribution in [0.1, 0.15) is 29.9 Å². The number of nitrogens with zero attached hydrogens (tertiary/aromatic N) is 4. The van der Waals surface area contributed by atoms with Crippen LogP contribution in [-0.4, -0.2) is 46.3 Å². The maximum absolute atomic E-state index is 12.2. The van der Waals surface area contributed by atoms with Crippen LogP contribution < -0.4 is 5.32 Å². The molecule has 0 fully saturated rings. The van der Waals surface area contributed by atoms with E-state index in [0.717, 1.165) is 11.3 Å². The van der Waals surface area contributed by atoms with Gasteiger partial charge in [0.1, 0.15) is 6.61 Å². The predicted octanol–water partition coefficient (Wildman–Crippen LogP) is 1.69. The highest BCUT2D eigenvalue weighted by molar-refractivity contribution is 5.74. The number of methoxy groups -OCH3 is 1. The Kier molecular flexibility index (Phi) is 6.25. The normalized spacial score (nSPS) is 12.0. The molecule has 0 aliphatic heterocycles. The molecule has 0 saturated heterocycles. The van der Waals surface area contributed by atoms with E-state index < -0.39 is 0 Å². The lowest BCUT2D eigenvalue weighted by molar-refractivity contribution is 0.174. The number of hydrogen-bond acceptors (Lipinski definition) is 6. The van der Waals surface area contributed by atoms with Gasteiger partial charge in [-0.2, -0.15) is 4.98 Å². The molecule has 0 aromatic carbocycles. The van der Waals surface area contributed by atoms with Gasteiger partial charge in [0.05, 0.1) is 6.54 Å². The molecule has 2 amide bonds. The van der Waals surface area contributed by atoms with Crippen molar-refractivity contribution >= 4 is 6.03 Å². The van der Waals surface area contributed by atoms with Crippen molar-refractivity contribution < 1.29 is 14.1 Å². The molecule has 0 unspecified atom stereocenters. The first-order chi connectivity index (χ1) is 11.5. The summed E-state index contributed by atoms with van der Waals surface area (Å²) in [5.41, 5.74) is 2.12. The van der Waals surface area contributed by atoms with Crippen molar-refractivity contribution in [3.8, 4) is 0 Å². The number of ether oxygens (including phenoxy) is 1. The first kappa shape index (κ1) is 17.9. The summed E-state index contributed by atoms with van der Waals surface area (Å²) in [7, 11) is 3.30. The molecule has 2 aromatic rings. The van der Waals surface area contributed by atoms with Gasteiger partial charge >= 0.3 is 6.03 Å². The second kappa shape index (κ2) is 8.39. The van der Waals surface area contributed by atoms with Crippen LogP contribution in [-0.2, 0) is 24.3 Å². The third-order valence-electron chi connectivity index (χ3n) is 3.63. The largest absolute Gasteiger partial charge is 0.377 e. The van der Waals surface area contributed by atoms with E-state index in [1.165, 1.54) is 0 Å². The highest BCUT2D eigenvalue weighted by atomic mass is 16.5. The maximum atomic E-state index is 12.2. The third-order valence-corrected chi connectivity index (χ3v) is 3.63. The smallest absolute Gasteiger partial charge is 0.317 e. The van der Waals surface area contributed by atoms with Gasteiger partial charge in [-0.1, -0.05) is 5.16 Å². The fraction of sp³-hybridized carbons (Fsp3) is 0.500. The SMILES string of the molecule is COCc1noc(CNC(=O)N(C)[C@H](C)Cc2cc(C)ccn2)n1.